The normalized spacial score (nSPS) is 12.5. The highest BCUT2D eigenvalue weighted by molar-refractivity contribution is 7.90. The van der Waals surface area contributed by atoms with Gasteiger partial charge in [-0.2, -0.15) is 13.2 Å². The Bertz CT molecular complexity index is 2070. The Morgan fingerprint density at radius 1 is 0.935 bits per heavy atom. The van der Waals surface area contributed by atoms with E-state index in [0.717, 1.165) is 35.2 Å². The van der Waals surface area contributed by atoms with Crippen molar-refractivity contribution in [3.63, 3.8) is 0 Å². The molecule has 5 aromatic rings. The van der Waals surface area contributed by atoms with Gasteiger partial charge in [-0.3, -0.25) is 0 Å². The number of sulfone groups is 1. The number of rotatable bonds is 7. The zero-order valence-electron chi connectivity index (χ0n) is 24.0. The highest BCUT2D eigenvalue weighted by Crippen LogP contribution is 2.43. The van der Waals surface area contributed by atoms with Crippen molar-refractivity contribution in [2.45, 2.75) is 37.9 Å². The van der Waals surface area contributed by atoms with Crippen molar-refractivity contribution >= 4 is 9.84 Å². The van der Waals surface area contributed by atoms with Crippen LogP contribution < -0.4 is 4.74 Å². The molecule has 0 saturated heterocycles. The number of hydrogen-bond donors (Lipinski definition) is 1. The third kappa shape index (κ3) is 6.48. The fraction of sp³-hybridized carbons (Fsp3) is 0.200. The summed E-state index contributed by atoms with van der Waals surface area (Å²) in [6.07, 6.45) is -8.35. The molecule has 0 amide bonds. The molecule has 0 radical (unpaired) electrons. The van der Waals surface area contributed by atoms with Gasteiger partial charge in [0.15, 0.2) is 27.2 Å². The van der Waals surface area contributed by atoms with Gasteiger partial charge in [0.05, 0.1) is 17.2 Å². The van der Waals surface area contributed by atoms with Gasteiger partial charge in [0.25, 0.3) is 0 Å². The fourth-order valence-corrected chi connectivity index (χ4v) is 5.84. The number of alkyl halides is 6. The smallest absolute Gasteiger partial charge is 0.440 e. The average Bonchev–Trinajstić information content (AvgIpc) is 3.53. The quantitative estimate of drug-likeness (QED) is 0.180. The summed E-state index contributed by atoms with van der Waals surface area (Å²) in [5.41, 5.74) is -1.88. The summed E-state index contributed by atoms with van der Waals surface area (Å²) in [7, 11) is -4.04. The van der Waals surface area contributed by atoms with Gasteiger partial charge in [-0.05, 0) is 54.4 Å². The molecular formula is C30H22F7N3O5S. The summed E-state index contributed by atoms with van der Waals surface area (Å²) in [4.78, 5) is 7.34. The molecule has 0 spiro atoms. The van der Waals surface area contributed by atoms with Crippen LogP contribution in [0.2, 0.25) is 0 Å². The van der Waals surface area contributed by atoms with E-state index in [1.165, 1.54) is 50.2 Å². The lowest BCUT2D eigenvalue weighted by atomic mass is 9.97. The van der Waals surface area contributed by atoms with Gasteiger partial charge in [-0.1, -0.05) is 18.2 Å². The second-order valence-electron chi connectivity index (χ2n) is 10.1. The molecule has 0 atom stereocenters. The van der Waals surface area contributed by atoms with Crippen LogP contribution in [-0.2, 0) is 22.6 Å². The van der Waals surface area contributed by atoms with Crippen LogP contribution in [0.15, 0.2) is 70.1 Å². The van der Waals surface area contributed by atoms with Crippen LogP contribution in [0.1, 0.15) is 23.0 Å². The van der Waals surface area contributed by atoms with Gasteiger partial charge >= 0.3 is 12.5 Å². The molecule has 0 saturated carbocycles. The van der Waals surface area contributed by atoms with E-state index in [9.17, 15) is 39.9 Å². The molecule has 0 unspecified atom stereocenters. The number of hydrogen-bond acceptors (Lipinski definition) is 7. The number of nitrogens with zero attached hydrogens (tertiary/aromatic N) is 3. The van der Waals surface area contributed by atoms with Crippen LogP contribution in [0.5, 0.6) is 5.75 Å². The maximum absolute atomic E-state index is 15.1. The zero-order valence-corrected chi connectivity index (χ0v) is 24.8. The molecule has 242 valence electrons. The molecule has 5 rings (SSSR count). The minimum atomic E-state index is -5.08. The number of halogens is 7. The third-order valence-electron chi connectivity index (χ3n) is 6.82. The molecule has 46 heavy (non-hydrogen) atoms. The summed E-state index contributed by atoms with van der Waals surface area (Å²) in [5, 5.41) is 9.61. The Kier molecular flexibility index (Phi) is 8.23. The SMILES string of the molecule is Cc1nc(-c2ccccc2OC(F)(F)F)c(-c2cc(-c3cc(F)c(CO)c(S(C)(=O)=O)c3)ccc2-n2cc(C(F)(F)F)nc2C)o1. The van der Waals surface area contributed by atoms with Gasteiger partial charge in [0.2, 0.25) is 0 Å². The molecule has 0 fully saturated rings. The van der Waals surface area contributed by atoms with E-state index in [1.54, 1.807) is 0 Å². The lowest BCUT2D eigenvalue weighted by Gasteiger charge is -2.16. The molecule has 8 nitrogen and oxygen atoms in total. The number of imidazole rings is 1. The number of oxazole rings is 1. The van der Waals surface area contributed by atoms with Crippen LogP contribution in [0.3, 0.4) is 0 Å². The first-order valence-corrected chi connectivity index (χ1v) is 15.0. The Morgan fingerprint density at radius 2 is 1.63 bits per heavy atom. The van der Waals surface area contributed by atoms with Crippen molar-refractivity contribution in [1.82, 2.24) is 14.5 Å². The van der Waals surface area contributed by atoms with Crippen LogP contribution in [-0.4, -0.2) is 40.7 Å². The first-order chi connectivity index (χ1) is 21.4. The molecule has 16 heteroatoms. The van der Waals surface area contributed by atoms with E-state index >= 15 is 4.39 Å². The van der Waals surface area contributed by atoms with Crippen molar-refractivity contribution in [2.24, 2.45) is 0 Å². The van der Waals surface area contributed by atoms with Crippen molar-refractivity contribution in [3.8, 4) is 45.1 Å². The minimum absolute atomic E-state index is 0.000138. The number of aliphatic hydroxyl groups is 1. The number of aryl methyl sites for hydroxylation is 2. The summed E-state index contributed by atoms with van der Waals surface area (Å²) in [5.74, 6) is -2.01. The molecule has 0 aliphatic heterocycles. The van der Waals surface area contributed by atoms with E-state index in [1.807, 2.05) is 0 Å². The van der Waals surface area contributed by atoms with Crippen LogP contribution >= 0.6 is 0 Å². The van der Waals surface area contributed by atoms with Gasteiger partial charge in [0, 0.05) is 36.1 Å². The first kappa shape index (κ1) is 32.7. The Hall–Kier alpha value is -4.70. The van der Waals surface area contributed by atoms with Crippen LogP contribution in [0.4, 0.5) is 30.7 Å². The summed E-state index contributed by atoms with van der Waals surface area (Å²) in [6.45, 7) is 1.78. The minimum Gasteiger partial charge on any atom is -0.440 e. The maximum Gasteiger partial charge on any atom is 0.573 e. The van der Waals surface area contributed by atoms with Crippen molar-refractivity contribution in [2.75, 3.05) is 6.26 Å². The fourth-order valence-electron chi connectivity index (χ4n) is 4.89. The lowest BCUT2D eigenvalue weighted by molar-refractivity contribution is -0.274. The largest absolute Gasteiger partial charge is 0.573 e. The van der Waals surface area contributed by atoms with Gasteiger partial charge < -0.3 is 18.8 Å². The Balaban J connectivity index is 1.82. The van der Waals surface area contributed by atoms with Crippen LogP contribution in [0.25, 0.3) is 39.4 Å². The standard InChI is InChI=1S/C30H22F7N3O5S/c1-15-38-26(29(32,33)34)13-40(15)23-9-8-17(18-11-22(31)21(14-41)25(12-18)46(3,42)43)10-20(23)28-27(39-16(2)44-28)19-6-4-5-7-24(19)45-30(35,36)37/h4-13,41H,14H2,1-3H3. The second-order valence-corrected chi connectivity index (χ2v) is 12.1. The summed E-state index contributed by atoms with van der Waals surface area (Å²) >= 11 is 0. The highest BCUT2D eigenvalue weighted by atomic mass is 32.2. The first-order valence-electron chi connectivity index (χ1n) is 13.1. The predicted molar refractivity (Wildman–Crippen MR) is 150 cm³/mol. The van der Waals surface area contributed by atoms with E-state index in [4.69, 9.17) is 4.42 Å². The van der Waals surface area contributed by atoms with Crippen LogP contribution in [0, 0.1) is 19.7 Å². The molecule has 0 bridgehead atoms. The highest BCUT2D eigenvalue weighted by Gasteiger charge is 2.36. The van der Waals surface area contributed by atoms with E-state index in [2.05, 4.69) is 14.7 Å². The number of aromatic nitrogens is 3. The molecular weight excluding hydrogens is 647 g/mol. The number of benzene rings is 3. The van der Waals surface area contributed by atoms with E-state index in [-0.39, 0.29) is 51.1 Å². The Labute approximate surface area is 256 Å². The van der Waals surface area contributed by atoms with Crippen molar-refractivity contribution < 1.29 is 53.4 Å². The van der Waals surface area contributed by atoms with Gasteiger partial charge in [0.1, 0.15) is 23.1 Å². The predicted octanol–water partition coefficient (Wildman–Crippen LogP) is 7.43. The summed E-state index contributed by atoms with van der Waals surface area (Å²) < 4.78 is 132. The molecule has 0 aliphatic carbocycles. The third-order valence-corrected chi connectivity index (χ3v) is 7.98. The topological polar surface area (TPSA) is 107 Å². The molecule has 1 N–H and O–H groups in total. The van der Waals surface area contributed by atoms with E-state index < -0.39 is 56.7 Å². The molecule has 3 aromatic carbocycles. The Morgan fingerprint density at radius 3 is 2.24 bits per heavy atom. The van der Waals surface area contributed by atoms with Crippen molar-refractivity contribution in [3.05, 3.63) is 89.6 Å². The number of ether oxygens (including phenoxy) is 1. The van der Waals surface area contributed by atoms with Gasteiger partial charge in [-0.25, -0.2) is 22.8 Å². The van der Waals surface area contributed by atoms with E-state index in [0.29, 0.717) is 0 Å². The molecule has 0 aliphatic rings. The number of aliphatic hydroxyl groups excluding tert-OH is 1. The average molecular weight is 670 g/mol. The maximum atomic E-state index is 15.1. The molecule has 2 heterocycles. The van der Waals surface area contributed by atoms with Crippen molar-refractivity contribution in [1.29, 1.82) is 0 Å². The molecule has 2 aromatic heterocycles. The zero-order chi connectivity index (χ0) is 33.8. The van der Waals surface area contributed by atoms with Gasteiger partial charge in [-0.15, -0.1) is 13.2 Å². The monoisotopic (exact) mass is 669 g/mol. The summed E-state index contributed by atoms with van der Waals surface area (Å²) in [6, 6.07) is 11.1. The second kappa shape index (κ2) is 11.6. The number of para-hydroxylation sites is 1. The lowest BCUT2D eigenvalue weighted by Crippen LogP contribution is -2.17.